The maximum Gasteiger partial charge on any atom is 0.264 e. The zero-order valence-electron chi connectivity index (χ0n) is 21.1. The van der Waals surface area contributed by atoms with E-state index in [-0.39, 0.29) is 17.1 Å². The number of nitrogens with one attached hydrogen (secondary N) is 1. The second kappa shape index (κ2) is 11.9. The Hall–Kier alpha value is -3.92. The standard InChI is InChI=1S/C27H30FN3O5S/c1-19-5-15-25(16-6-19)37(34,35)31(23-11-13-24(36-4)14-12-23)18-26(32)30(20(2)27(33)29-3)17-21-7-9-22(28)10-8-21/h5-16,20H,17-18H2,1-4H3,(H,29,33)/t20-/m0/s1. The van der Waals surface area contributed by atoms with Crippen molar-refractivity contribution in [2.45, 2.75) is 31.3 Å². The maximum atomic E-state index is 13.7. The lowest BCUT2D eigenvalue weighted by Crippen LogP contribution is -2.50. The number of methoxy groups -OCH3 is 1. The fourth-order valence-electron chi connectivity index (χ4n) is 3.69. The molecule has 0 heterocycles. The van der Waals surface area contributed by atoms with Gasteiger partial charge in [0.05, 0.1) is 17.7 Å². The van der Waals surface area contributed by atoms with Gasteiger partial charge in [-0.25, -0.2) is 12.8 Å². The molecule has 1 N–H and O–H groups in total. The Morgan fingerprint density at radius 1 is 0.973 bits per heavy atom. The van der Waals surface area contributed by atoms with Crippen molar-refractivity contribution < 1.29 is 27.1 Å². The third-order valence-electron chi connectivity index (χ3n) is 5.93. The van der Waals surface area contributed by atoms with Crippen molar-refractivity contribution in [1.82, 2.24) is 10.2 Å². The molecular formula is C27H30FN3O5S. The van der Waals surface area contributed by atoms with E-state index in [1.165, 1.54) is 55.5 Å². The molecule has 0 aromatic heterocycles. The maximum absolute atomic E-state index is 13.7. The van der Waals surface area contributed by atoms with Gasteiger partial charge in [0.25, 0.3) is 10.0 Å². The molecule has 0 unspecified atom stereocenters. The molecule has 8 nitrogen and oxygen atoms in total. The number of rotatable bonds is 10. The van der Waals surface area contributed by atoms with Crippen LogP contribution in [0.2, 0.25) is 0 Å². The first-order valence-corrected chi connectivity index (χ1v) is 13.0. The minimum Gasteiger partial charge on any atom is -0.497 e. The molecule has 0 aliphatic heterocycles. The van der Waals surface area contributed by atoms with Crippen molar-refractivity contribution in [3.8, 4) is 5.75 Å². The van der Waals surface area contributed by atoms with Gasteiger partial charge in [-0.2, -0.15) is 0 Å². The molecule has 0 saturated heterocycles. The zero-order valence-corrected chi connectivity index (χ0v) is 22.0. The molecule has 10 heteroatoms. The van der Waals surface area contributed by atoms with Crippen molar-refractivity contribution in [3.05, 3.63) is 89.7 Å². The third kappa shape index (κ3) is 6.65. The summed E-state index contributed by atoms with van der Waals surface area (Å²) in [4.78, 5) is 27.4. The predicted molar refractivity (Wildman–Crippen MR) is 139 cm³/mol. The summed E-state index contributed by atoms with van der Waals surface area (Å²) in [5.41, 5.74) is 1.72. The number of hydrogen-bond acceptors (Lipinski definition) is 5. The van der Waals surface area contributed by atoms with Crippen LogP contribution in [0.3, 0.4) is 0 Å². The summed E-state index contributed by atoms with van der Waals surface area (Å²) in [6.07, 6.45) is 0. The van der Waals surface area contributed by atoms with Gasteiger partial charge in [0, 0.05) is 13.6 Å². The second-order valence-corrected chi connectivity index (χ2v) is 10.3. The molecule has 0 bridgehead atoms. The smallest absolute Gasteiger partial charge is 0.264 e. The predicted octanol–water partition coefficient (Wildman–Crippen LogP) is 3.50. The van der Waals surface area contributed by atoms with E-state index in [1.807, 2.05) is 6.92 Å². The Labute approximate surface area is 216 Å². The van der Waals surface area contributed by atoms with E-state index in [4.69, 9.17) is 4.74 Å². The number of amides is 2. The van der Waals surface area contributed by atoms with Gasteiger partial charge in [0.1, 0.15) is 24.2 Å². The lowest BCUT2D eigenvalue weighted by molar-refractivity contribution is -0.139. The lowest BCUT2D eigenvalue weighted by Gasteiger charge is -2.31. The van der Waals surface area contributed by atoms with E-state index in [2.05, 4.69) is 5.32 Å². The SMILES string of the molecule is CNC(=O)[C@H](C)N(Cc1ccc(F)cc1)C(=O)CN(c1ccc(OC)cc1)S(=O)(=O)c1ccc(C)cc1. The second-order valence-electron chi connectivity index (χ2n) is 8.46. The highest BCUT2D eigenvalue weighted by Gasteiger charge is 2.32. The van der Waals surface area contributed by atoms with Crippen LogP contribution in [0.4, 0.5) is 10.1 Å². The molecule has 1 atom stereocenters. The van der Waals surface area contributed by atoms with Gasteiger partial charge < -0.3 is 15.0 Å². The lowest BCUT2D eigenvalue weighted by atomic mass is 10.1. The van der Waals surface area contributed by atoms with Crippen LogP contribution in [0.1, 0.15) is 18.1 Å². The van der Waals surface area contributed by atoms with Crippen LogP contribution in [0.25, 0.3) is 0 Å². The van der Waals surface area contributed by atoms with Gasteiger partial charge in [0.15, 0.2) is 0 Å². The number of benzene rings is 3. The highest BCUT2D eigenvalue weighted by Crippen LogP contribution is 2.26. The van der Waals surface area contributed by atoms with Crippen molar-refractivity contribution >= 4 is 27.5 Å². The van der Waals surface area contributed by atoms with E-state index in [0.29, 0.717) is 11.3 Å². The number of anilines is 1. The largest absolute Gasteiger partial charge is 0.497 e. The van der Waals surface area contributed by atoms with Crippen molar-refractivity contribution in [2.75, 3.05) is 25.0 Å². The average Bonchev–Trinajstić information content (AvgIpc) is 2.90. The van der Waals surface area contributed by atoms with E-state index in [1.54, 1.807) is 43.3 Å². The minimum atomic E-state index is -4.15. The molecule has 2 amide bonds. The zero-order chi connectivity index (χ0) is 27.2. The Kier molecular flexibility index (Phi) is 8.88. The summed E-state index contributed by atoms with van der Waals surface area (Å²) in [5, 5.41) is 2.52. The van der Waals surface area contributed by atoms with Gasteiger partial charge >= 0.3 is 0 Å². The highest BCUT2D eigenvalue weighted by atomic mass is 32.2. The van der Waals surface area contributed by atoms with Gasteiger partial charge in [-0.3, -0.25) is 13.9 Å². The van der Waals surface area contributed by atoms with Crippen LogP contribution < -0.4 is 14.4 Å². The number of likely N-dealkylation sites (N-methyl/N-ethyl adjacent to an activating group) is 1. The summed E-state index contributed by atoms with van der Waals surface area (Å²) in [5.74, 6) is -0.940. The van der Waals surface area contributed by atoms with Crippen molar-refractivity contribution in [1.29, 1.82) is 0 Å². The fraction of sp³-hybridized carbons (Fsp3) is 0.259. The van der Waals surface area contributed by atoms with Gasteiger partial charge in [-0.1, -0.05) is 29.8 Å². The fourth-order valence-corrected chi connectivity index (χ4v) is 5.11. The van der Waals surface area contributed by atoms with Crippen LogP contribution in [0, 0.1) is 12.7 Å². The highest BCUT2D eigenvalue weighted by molar-refractivity contribution is 7.92. The van der Waals surface area contributed by atoms with Gasteiger partial charge in [-0.15, -0.1) is 0 Å². The molecule has 0 aliphatic rings. The molecule has 0 saturated carbocycles. The van der Waals surface area contributed by atoms with Crippen LogP contribution in [0.5, 0.6) is 5.75 Å². The Bertz CT molecular complexity index is 1330. The van der Waals surface area contributed by atoms with Gasteiger partial charge in [-0.05, 0) is 67.9 Å². The summed E-state index contributed by atoms with van der Waals surface area (Å²) in [6, 6.07) is 17.2. The first-order chi connectivity index (χ1) is 17.6. The van der Waals surface area contributed by atoms with Crippen LogP contribution in [0.15, 0.2) is 77.7 Å². The Morgan fingerprint density at radius 3 is 2.11 bits per heavy atom. The molecule has 3 aromatic rings. The monoisotopic (exact) mass is 527 g/mol. The van der Waals surface area contributed by atoms with Crippen LogP contribution in [-0.2, 0) is 26.2 Å². The number of carbonyl (C=O) groups excluding carboxylic acids is 2. The first kappa shape index (κ1) is 27.7. The molecule has 196 valence electrons. The van der Waals surface area contributed by atoms with Gasteiger partial charge in [0.2, 0.25) is 11.8 Å². The van der Waals surface area contributed by atoms with Crippen LogP contribution >= 0.6 is 0 Å². The Balaban J connectivity index is 2.02. The number of carbonyl (C=O) groups is 2. The Morgan fingerprint density at radius 2 is 1.57 bits per heavy atom. The van der Waals surface area contributed by atoms with Crippen molar-refractivity contribution in [3.63, 3.8) is 0 Å². The molecule has 3 rings (SSSR count). The van der Waals surface area contributed by atoms with E-state index in [9.17, 15) is 22.4 Å². The first-order valence-electron chi connectivity index (χ1n) is 11.6. The van der Waals surface area contributed by atoms with E-state index >= 15 is 0 Å². The summed E-state index contributed by atoms with van der Waals surface area (Å²) >= 11 is 0. The van der Waals surface area contributed by atoms with Crippen LogP contribution in [-0.4, -0.2) is 51.9 Å². The quantitative estimate of drug-likeness (QED) is 0.436. The molecule has 0 spiro atoms. The number of sulfonamides is 1. The minimum absolute atomic E-state index is 0.0191. The molecule has 3 aromatic carbocycles. The number of ether oxygens (including phenoxy) is 1. The molecule has 0 fully saturated rings. The molecule has 37 heavy (non-hydrogen) atoms. The normalized spacial score (nSPS) is 11.9. The third-order valence-corrected chi connectivity index (χ3v) is 7.72. The van der Waals surface area contributed by atoms with E-state index in [0.717, 1.165) is 9.87 Å². The number of hydrogen-bond donors (Lipinski definition) is 1. The molecule has 0 aliphatic carbocycles. The summed E-state index contributed by atoms with van der Waals surface area (Å²) in [6.45, 7) is 2.81. The summed E-state index contributed by atoms with van der Waals surface area (Å²) in [7, 11) is -1.21. The molecule has 0 radical (unpaired) electrons. The number of nitrogens with zero attached hydrogens (tertiary/aromatic N) is 2. The van der Waals surface area contributed by atoms with E-state index < -0.39 is 40.2 Å². The average molecular weight is 528 g/mol. The van der Waals surface area contributed by atoms with Crippen molar-refractivity contribution in [2.24, 2.45) is 0 Å². The number of halogens is 1. The number of aryl methyl sites for hydroxylation is 1. The summed E-state index contributed by atoms with van der Waals surface area (Å²) < 4.78 is 47.0. The topological polar surface area (TPSA) is 96.0 Å². The molecular weight excluding hydrogens is 497 g/mol.